The molecule has 4 N–H and O–H groups in total. The molecule has 1 aromatic carbocycles. The molecule has 0 aliphatic heterocycles. The molecule has 0 spiro atoms. The quantitative estimate of drug-likeness (QED) is 0.312. The predicted molar refractivity (Wildman–Crippen MR) is 115 cm³/mol. The van der Waals surface area contributed by atoms with Crippen molar-refractivity contribution in [1.29, 1.82) is 0 Å². The topological polar surface area (TPSA) is 168 Å². The molecule has 0 radical (unpaired) electrons. The summed E-state index contributed by atoms with van der Waals surface area (Å²) in [6.45, 7) is 1.72. The normalized spacial score (nSPS) is 11.6. The van der Waals surface area contributed by atoms with E-state index in [1.807, 2.05) is 4.57 Å². The average molecular weight is 483 g/mol. The Bertz CT molecular complexity index is 1150. The largest absolute Gasteiger partial charge is 0.390 e. The second kappa shape index (κ2) is 10.6. The van der Waals surface area contributed by atoms with Crippen LogP contribution in [0.15, 0.2) is 29.2 Å². The Morgan fingerprint density at radius 1 is 1.28 bits per heavy atom. The molecule has 1 amide bonds. The van der Waals surface area contributed by atoms with E-state index in [1.165, 1.54) is 12.1 Å². The van der Waals surface area contributed by atoms with Crippen LogP contribution in [0.3, 0.4) is 0 Å². The number of aromatic amines is 1. The zero-order valence-electron chi connectivity index (χ0n) is 17.2. The van der Waals surface area contributed by atoms with Crippen LogP contribution in [0.1, 0.15) is 36.8 Å². The van der Waals surface area contributed by atoms with Crippen molar-refractivity contribution in [3.63, 3.8) is 0 Å². The lowest BCUT2D eigenvalue weighted by Gasteiger charge is -2.12. The van der Waals surface area contributed by atoms with Crippen LogP contribution in [0.25, 0.3) is 0 Å². The van der Waals surface area contributed by atoms with Crippen molar-refractivity contribution in [3.8, 4) is 0 Å². The number of hydrogen-bond donors (Lipinski definition) is 4. The van der Waals surface area contributed by atoms with Gasteiger partial charge in [0, 0.05) is 13.0 Å². The van der Waals surface area contributed by atoms with Crippen molar-refractivity contribution >= 4 is 33.5 Å². The number of aliphatic hydroxyl groups excluding tert-OH is 1. The van der Waals surface area contributed by atoms with Gasteiger partial charge in [-0.2, -0.15) is 0 Å². The predicted octanol–water partition coefficient (Wildman–Crippen LogP) is 0.850. The summed E-state index contributed by atoms with van der Waals surface area (Å²) in [5.41, 5.74) is 1.32. The van der Waals surface area contributed by atoms with E-state index in [0.717, 1.165) is 30.7 Å². The highest BCUT2D eigenvalue weighted by Crippen LogP contribution is 2.21. The highest BCUT2D eigenvalue weighted by atomic mass is 35.5. The second-order valence-corrected chi connectivity index (χ2v) is 9.00. The van der Waals surface area contributed by atoms with Crippen LogP contribution in [-0.4, -0.2) is 56.2 Å². The van der Waals surface area contributed by atoms with Crippen LogP contribution in [-0.2, 0) is 34.4 Å². The Morgan fingerprint density at radius 3 is 2.66 bits per heavy atom. The molecule has 32 heavy (non-hydrogen) atoms. The summed E-state index contributed by atoms with van der Waals surface area (Å²) in [7, 11) is -3.91. The molecular formula is C18H23ClN8O4S. The molecule has 0 atom stereocenters. The fourth-order valence-corrected chi connectivity index (χ4v) is 4.20. The van der Waals surface area contributed by atoms with E-state index in [2.05, 4.69) is 42.6 Å². The van der Waals surface area contributed by atoms with Gasteiger partial charge in [-0.05, 0) is 34.5 Å². The van der Waals surface area contributed by atoms with Gasteiger partial charge in [-0.1, -0.05) is 42.2 Å². The minimum Gasteiger partial charge on any atom is -0.390 e. The lowest BCUT2D eigenvalue weighted by Crippen LogP contribution is -2.33. The Morgan fingerprint density at radius 2 is 2.03 bits per heavy atom. The molecule has 172 valence electrons. The molecular weight excluding hydrogens is 460 g/mol. The number of imidazole rings is 1. The zero-order chi connectivity index (χ0) is 23.1. The van der Waals surface area contributed by atoms with E-state index < -0.39 is 22.5 Å². The van der Waals surface area contributed by atoms with E-state index in [0.29, 0.717) is 12.2 Å². The SMILES string of the molecule is CCCCc1nc(Cl)c(CO)n1Cc1ccc(S(=O)(=O)NCC(=O)Nc2nnn[nH]2)cc1. The Labute approximate surface area is 189 Å². The number of H-pyrrole nitrogens is 1. The molecule has 12 nitrogen and oxygen atoms in total. The maximum Gasteiger partial charge on any atom is 0.246 e. The van der Waals surface area contributed by atoms with Gasteiger partial charge in [0.1, 0.15) is 5.82 Å². The number of aliphatic hydroxyl groups is 1. The van der Waals surface area contributed by atoms with Gasteiger partial charge < -0.3 is 9.67 Å². The number of unbranched alkanes of at least 4 members (excludes halogenated alkanes) is 1. The van der Waals surface area contributed by atoms with Crippen molar-refractivity contribution in [3.05, 3.63) is 46.5 Å². The number of rotatable bonds is 11. The number of aryl methyl sites for hydroxylation is 1. The molecule has 2 aromatic heterocycles. The first-order valence-electron chi connectivity index (χ1n) is 9.81. The van der Waals surface area contributed by atoms with E-state index in [4.69, 9.17) is 11.6 Å². The Kier molecular flexibility index (Phi) is 7.90. The summed E-state index contributed by atoms with van der Waals surface area (Å²) in [4.78, 5) is 16.2. The summed E-state index contributed by atoms with van der Waals surface area (Å²) in [5, 5.41) is 24.7. The van der Waals surface area contributed by atoms with Gasteiger partial charge in [0.2, 0.25) is 21.9 Å². The van der Waals surface area contributed by atoms with Gasteiger partial charge in [0.05, 0.1) is 23.7 Å². The number of nitrogens with zero attached hydrogens (tertiary/aromatic N) is 5. The van der Waals surface area contributed by atoms with Crippen molar-refractivity contribution in [1.82, 2.24) is 34.9 Å². The zero-order valence-corrected chi connectivity index (χ0v) is 18.8. The highest BCUT2D eigenvalue weighted by Gasteiger charge is 2.18. The van der Waals surface area contributed by atoms with Crippen LogP contribution < -0.4 is 10.0 Å². The number of sulfonamides is 1. The molecule has 0 saturated carbocycles. The smallest absolute Gasteiger partial charge is 0.246 e. The fourth-order valence-electron chi connectivity index (χ4n) is 2.96. The number of halogens is 1. The summed E-state index contributed by atoms with van der Waals surface area (Å²) < 4.78 is 29.0. The maximum absolute atomic E-state index is 12.5. The van der Waals surface area contributed by atoms with Gasteiger partial charge in [0.15, 0.2) is 5.15 Å². The van der Waals surface area contributed by atoms with E-state index in [-0.39, 0.29) is 22.6 Å². The number of amides is 1. The molecule has 3 rings (SSSR count). The Hall–Kier alpha value is -2.87. The lowest BCUT2D eigenvalue weighted by molar-refractivity contribution is -0.115. The number of anilines is 1. The molecule has 0 aliphatic carbocycles. The van der Waals surface area contributed by atoms with Crippen LogP contribution in [0.2, 0.25) is 5.15 Å². The maximum atomic E-state index is 12.5. The molecule has 0 bridgehead atoms. The van der Waals surface area contributed by atoms with Gasteiger partial charge in [-0.15, -0.1) is 0 Å². The highest BCUT2D eigenvalue weighted by molar-refractivity contribution is 7.89. The number of aromatic nitrogens is 6. The third-order valence-corrected chi connectivity index (χ3v) is 6.33. The third kappa shape index (κ3) is 5.88. The van der Waals surface area contributed by atoms with Gasteiger partial charge in [-0.25, -0.2) is 23.2 Å². The first-order valence-corrected chi connectivity index (χ1v) is 11.7. The minimum atomic E-state index is -3.91. The van der Waals surface area contributed by atoms with Crippen molar-refractivity contribution in [2.75, 3.05) is 11.9 Å². The Balaban J connectivity index is 1.67. The van der Waals surface area contributed by atoms with Crippen LogP contribution in [0, 0.1) is 0 Å². The number of tetrazole rings is 1. The van der Waals surface area contributed by atoms with Crippen LogP contribution >= 0.6 is 11.6 Å². The third-order valence-electron chi connectivity index (χ3n) is 4.61. The summed E-state index contributed by atoms with van der Waals surface area (Å²) in [6, 6.07) is 6.21. The minimum absolute atomic E-state index is 0.00707. The van der Waals surface area contributed by atoms with Crippen molar-refractivity contribution < 1.29 is 18.3 Å². The van der Waals surface area contributed by atoms with E-state index in [9.17, 15) is 18.3 Å². The number of carbonyl (C=O) groups excluding carboxylic acids is 1. The van der Waals surface area contributed by atoms with Crippen molar-refractivity contribution in [2.45, 2.75) is 44.2 Å². The van der Waals surface area contributed by atoms with Gasteiger partial charge in [0.25, 0.3) is 0 Å². The molecule has 3 aromatic rings. The molecule has 0 unspecified atom stereocenters. The standard InChI is InChI=1S/C18H23ClN8O4S/c1-2-3-4-15-21-17(19)14(11-28)27(15)10-12-5-7-13(8-6-12)32(30,31)20-9-16(29)22-18-23-25-26-24-18/h5-8,20,28H,2-4,9-11H2,1H3,(H2,22,23,24,25,26,29). The number of benzene rings is 1. The van der Waals surface area contributed by atoms with Gasteiger partial charge in [-0.3, -0.25) is 10.1 Å². The molecule has 2 heterocycles. The van der Waals surface area contributed by atoms with Crippen molar-refractivity contribution in [2.24, 2.45) is 0 Å². The van der Waals surface area contributed by atoms with E-state index in [1.54, 1.807) is 12.1 Å². The second-order valence-electron chi connectivity index (χ2n) is 6.88. The molecule has 0 aliphatic rings. The number of hydrogen-bond acceptors (Lipinski definition) is 8. The first-order chi connectivity index (χ1) is 15.3. The monoisotopic (exact) mass is 482 g/mol. The summed E-state index contributed by atoms with van der Waals surface area (Å²) >= 11 is 6.16. The van der Waals surface area contributed by atoms with Crippen LogP contribution in [0.4, 0.5) is 5.95 Å². The average Bonchev–Trinajstić information content (AvgIpc) is 3.38. The lowest BCUT2D eigenvalue weighted by atomic mass is 10.2. The summed E-state index contributed by atoms with van der Waals surface area (Å²) in [6.07, 6.45) is 2.65. The van der Waals surface area contributed by atoms with Gasteiger partial charge >= 0.3 is 0 Å². The van der Waals surface area contributed by atoms with Crippen LogP contribution in [0.5, 0.6) is 0 Å². The molecule has 14 heteroatoms. The summed E-state index contributed by atoms with van der Waals surface area (Å²) in [5.74, 6) is 0.155. The number of carbonyl (C=O) groups is 1. The molecule has 0 fully saturated rings. The fraction of sp³-hybridized carbons (Fsp3) is 0.389. The first kappa shape index (κ1) is 23.8. The number of nitrogens with one attached hydrogen (secondary N) is 3. The molecule has 0 saturated heterocycles. The van der Waals surface area contributed by atoms with E-state index >= 15 is 0 Å².